The van der Waals surface area contributed by atoms with Crippen molar-refractivity contribution in [2.45, 2.75) is 25.4 Å². The zero-order valence-corrected chi connectivity index (χ0v) is 16.0. The van der Waals surface area contributed by atoms with Crippen LogP contribution >= 0.6 is 0 Å². The second-order valence-electron chi connectivity index (χ2n) is 6.42. The summed E-state index contributed by atoms with van der Waals surface area (Å²) in [5.41, 5.74) is 10.9. The summed E-state index contributed by atoms with van der Waals surface area (Å²) in [6, 6.07) is 11.1. The summed E-state index contributed by atoms with van der Waals surface area (Å²) in [5, 5.41) is 4.18. The Morgan fingerprint density at radius 2 is 1.82 bits per heavy atom. The van der Waals surface area contributed by atoms with Gasteiger partial charge in [-0.15, -0.1) is 0 Å². The molecule has 28 heavy (non-hydrogen) atoms. The molecule has 8 heteroatoms. The number of carbonyl (C=O) groups is 1. The highest BCUT2D eigenvalue weighted by atomic mass is 19.1. The first-order chi connectivity index (χ1) is 13.5. The lowest BCUT2D eigenvalue weighted by Gasteiger charge is -2.11. The molecular weight excluding hydrogens is 363 g/mol. The molecule has 1 fully saturated rings. The Labute approximate surface area is 162 Å². The summed E-state index contributed by atoms with van der Waals surface area (Å²) in [5.74, 6) is 0.668. The maximum Gasteiger partial charge on any atom is 0.258 e. The molecule has 1 heterocycles. The molecule has 3 rings (SSSR count). The number of rotatable bonds is 6. The van der Waals surface area contributed by atoms with E-state index in [9.17, 15) is 9.18 Å². The fourth-order valence-corrected chi connectivity index (χ4v) is 2.98. The van der Waals surface area contributed by atoms with Gasteiger partial charge in [0.05, 0.1) is 19.9 Å². The number of nitrogens with zero attached hydrogens (tertiary/aromatic N) is 1. The Hall–Kier alpha value is -2.97. The number of amides is 1. The first-order valence-corrected chi connectivity index (χ1v) is 8.85. The molecular formula is C20H23FN4O3. The third-order valence-electron chi connectivity index (χ3n) is 4.63. The molecule has 7 nitrogen and oxygen atoms in total. The standard InChI is InChI=1S/C20H23FN4O3/c1-12(14-6-9-18(27-2)19(10-14)28-3)22-25-20(26)17-11-16(23-24-17)13-4-7-15(21)8-5-13/h4-10,16-17,23-24H,11H2,1-3H3,(H,25,26)/b22-12-. The maximum absolute atomic E-state index is 13.1. The van der Waals surface area contributed by atoms with Crippen molar-refractivity contribution in [3.63, 3.8) is 0 Å². The van der Waals surface area contributed by atoms with E-state index in [2.05, 4.69) is 21.4 Å². The van der Waals surface area contributed by atoms with Crippen LogP contribution in [0.2, 0.25) is 0 Å². The first kappa shape index (κ1) is 19.8. The zero-order valence-electron chi connectivity index (χ0n) is 16.0. The van der Waals surface area contributed by atoms with E-state index >= 15 is 0 Å². The average Bonchev–Trinajstić information content (AvgIpc) is 3.22. The second-order valence-corrected chi connectivity index (χ2v) is 6.42. The predicted octanol–water partition coefficient (Wildman–Crippen LogP) is 2.29. The quantitative estimate of drug-likeness (QED) is 0.524. The van der Waals surface area contributed by atoms with Crippen LogP contribution in [-0.4, -0.2) is 31.9 Å². The monoisotopic (exact) mass is 386 g/mol. The highest BCUT2D eigenvalue weighted by Crippen LogP contribution is 2.27. The SMILES string of the molecule is COc1ccc(/C(C)=N\NC(=O)C2CC(c3ccc(F)cc3)NN2)cc1OC. The van der Waals surface area contributed by atoms with Crippen molar-refractivity contribution in [3.8, 4) is 11.5 Å². The van der Waals surface area contributed by atoms with Gasteiger partial charge >= 0.3 is 0 Å². The number of nitrogens with one attached hydrogen (secondary N) is 3. The van der Waals surface area contributed by atoms with Gasteiger partial charge < -0.3 is 9.47 Å². The summed E-state index contributed by atoms with van der Waals surface area (Å²) < 4.78 is 23.6. The smallest absolute Gasteiger partial charge is 0.258 e. The van der Waals surface area contributed by atoms with E-state index in [1.165, 1.54) is 12.1 Å². The van der Waals surface area contributed by atoms with Crippen LogP contribution in [0.5, 0.6) is 11.5 Å². The van der Waals surface area contributed by atoms with Crippen molar-refractivity contribution in [1.82, 2.24) is 16.3 Å². The molecule has 2 aromatic rings. The molecule has 0 spiro atoms. The Morgan fingerprint density at radius 1 is 1.11 bits per heavy atom. The summed E-state index contributed by atoms with van der Waals surface area (Å²) in [6.45, 7) is 1.79. The number of hydrogen-bond donors (Lipinski definition) is 3. The van der Waals surface area contributed by atoms with Crippen molar-refractivity contribution in [3.05, 3.63) is 59.4 Å². The minimum absolute atomic E-state index is 0.0766. The second kappa shape index (κ2) is 8.81. The minimum Gasteiger partial charge on any atom is -0.493 e. The molecule has 1 aliphatic rings. The van der Waals surface area contributed by atoms with Crippen molar-refractivity contribution >= 4 is 11.6 Å². The highest BCUT2D eigenvalue weighted by Gasteiger charge is 2.30. The molecule has 1 aliphatic heterocycles. The van der Waals surface area contributed by atoms with Gasteiger partial charge in [0, 0.05) is 11.6 Å². The van der Waals surface area contributed by atoms with E-state index in [1.807, 2.05) is 6.07 Å². The van der Waals surface area contributed by atoms with E-state index in [1.54, 1.807) is 45.4 Å². The van der Waals surface area contributed by atoms with E-state index in [0.717, 1.165) is 11.1 Å². The van der Waals surface area contributed by atoms with Crippen molar-refractivity contribution < 1.29 is 18.7 Å². The third kappa shape index (κ3) is 4.47. The van der Waals surface area contributed by atoms with E-state index < -0.39 is 6.04 Å². The van der Waals surface area contributed by atoms with E-state index in [-0.39, 0.29) is 17.8 Å². The van der Waals surface area contributed by atoms with Crippen LogP contribution in [0.1, 0.15) is 30.5 Å². The molecule has 2 unspecified atom stereocenters. The molecule has 0 bridgehead atoms. The number of hydrazine groups is 1. The number of methoxy groups -OCH3 is 2. The van der Waals surface area contributed by atoms with Crippen LogP contribution in [0, 0.1) is 5.82 Å². The Balaban J connectivity index is 1.61. The van der Waals surface area contributed by atoms with Crippen LogP contribution in [0.4, 0.5) is 4.39 Å². The number of ether oxygens (including phenoxy) is 2. The van der Waals surface area contributed by atoms with E-state index in [4.69, 9.17) is 9.47 Å². The summed E-state index contributed by atoms with van der Waals surface area (Å²) in [4.78, 5) is 12.4. The van der Waals surface area contributed by atoms with Crippen LogP contribution in [-0.2, 0) is 4.79 Å². The van der Waals surface area contributed by atoms with Crippen LogP contribution in [0.15, 0.2) is 47.6 Å². The van der Waals surface area contributed by atoms with Gasteiger partial charge in [0.2, 0.25) is 0 Å². The molecule has 1 amide bonds. The normalized spacial score (nSPS) is 19.4. The molecule has 0 radical (unpaired) electrons. The molecule has 1 saturated heterocycles. The fourth-order valence-electron chi connectivity index (χ4n) is 2.98. The number of halogens is 1. The predicted molar refractivity (Wildman–Crippen MR) is 104 cm³/mol. The van der Waals surface area contributed by atoms with Gasteiger partial charge in [0.15, 0.2) is 11.5 Å². The van der Waals surface area contributed by atoms with Gasteiger partial charge in [-0.25, -0.2) is 20.7 Å². The topological polar surface area (TPSA) is 84.0 Å². The first-order valence-electron chi connectivity index (χ1n) is 8.85. The lowest BCUT2D eigenvalue weighted by Crippen LogP contribution is -2.41. The zero-order chi connectivity index (χ0) is 20.1. The van der Waals surface area contributed by atoms with Crippen LogP contribution in [0.3, 0.4) is 0 Å². The molecule has 2 atom stereocenters. The van der Waals surface area contributed by atoms with Crippen molar-refractivity contribution in [2.24, 2.45) is 5.10 Å². The summed E-state index contributed by atoms with van der Waals surface area (Å²) in [6.07, 6.45) is 0.530. The van der Waals surface area contributed by atoms with E-state index in [0.29, 0.717) is 23.6 Å². The lowest BCUT2D eigenvalue weighted by molar-refractivity contribution is -0.122. The lowest BCUT2D eigenvalue weighted by atomic mass is 10.0. The molecule has 3 N–H and O–H groups in total. The van der Waals surface area contributed by atoms with Gasteiger partial charge in [0.25, 0.3) is 5.91 Å². The fraction of sp³-hybridized carbons (Fsp3) is 0.300. The van der Waals surface area contributed by atoms with Gasteiger partial charge in [-0.1, -0.05) is 12.1 Å². The summed E-state index contributed by atoms with van der Waals surface area (Å²) in [7, 11) is 3.13. The number of hydrazone groups is 1. The largest absolute Gasteiger partial charge is 0.493 e. The highest BCUT2D eigenvalue weighted by molar-refractivity contribution is 6.00. The number of benzene rings is 2. The van der Waals surface area contributed by atoms with Crippen molar-refractivity contribution in [2.75, 3.05) is 14.2 Å². The number of hydrogen-bond acceptors (Lipinski definition) is 6. The summed E-state index contributed by atoms with van der Waals surface area (Å²) >= 11 is 0. The van der Waals surface area contributed by atoms with Gasteiger partial charge in [-0.2, -0.15) is 5.10 Å². The van der Waals surface area contributed by atoms with Gasteiger partial charge in [-0.05, 0) is 49.2 Å². The maximum atomic E-state index is 13.1. The number of carbonyl (C=O) groups excluding carboxylic acids is 1. The van der Waals surface area contributed by atoms with Crippen LogP contribution in [0.25, 0.3) is 0 Å². The molecule has 148 valence electrons. The molecule has 0 aromatic heterocycles. The van der Waals surface area contributed by atoms with Crippen molar-refractivity contribution in [1.29, 1.82) is 0 Å². The van der Waals surface area contributed by atoms with Crippen LogP contribution < -0.4 is 25.8 Å². The Bertz CT molecular complexity index is 870. The molecule has 0 aliphatic carbocycles. The average molecular weight is 386 g/mol. The Kier molecular flexibility index (Phi) is 6.23. The molecule has 0 saturated carbocycles. The van der Waals surface area contributed by atoms with Gasteiger partial charge in [0.1, 0.15) is 11.9 Å². The Morgan fingerprint density at radius 3 is 2.50 bits per heavy atom. The van der Waals surface area contributed by atoms with Gasteiger partial charge in [-0.3, -0.25) is 4.79 Å². The third-order valence-corrected chi connectivity index (χ3v) is 4.63. The minimum atomic E-state index is -0.447. The molecule has 2 aromatic carbocycles.